The molecule has 0 spiro atoms. The standard InChI is InChI=1S/C14H22N2O3/c1-9(2)14-16-10(3)12(19-14)7-15-13(17)11-5-4-6-18-8-11/h9,11H,4-8H2,1-3H3,(H,15,17). The number of oxazole rings is 1. The molecular weight excluding hydrogens is 244 g/mol. The Morgan fingerprint density at radius 1 is 1.53 bits per heavy atom. The number of ether oxygens (including phenoxy) is 1. The quantitative estimate of drug-likeness (QED) is 0.907. The van der Waals surface area contributed by atoms with Crippen molar-refractivity contribution in [3.63, 3.8) is 0 Å². The molecule has 1 aromatic heterocycles. The molecule has 1 saturated heterocycles. The van der Waals surface area contributed by atoms with Gasteiger partial charge in [-0.3, -0.25) is 4.79 Å². The van der Waals surface area contributed by atoms with E-state index in [4.69, 9.17) is 9.15 Å². The molecule has 1 unspecified atom stereocenters. The van der Waals surface area contributed by atoms with Gasteiger partial charge in [-0.1, -0.05) is 13.8 Å². The maximum atomic E-state index is 12.0. The zero-order valence-electron chi connectivity index (χ0n) is 11.9. The predicted octanol–water partition coefficient (Wildman–Crippen LogP) is 2.15. The van der Waals surface area contributed by atoms with Gasteiger partial charge in [0, 0.05) is 12.5 Å². The molecule has 1 aliphatic heterocycles. The number of hydrogen-bond donors (Lipinski definition) is 1. The summed E-state index contributed by atoms with van der Waals surface area (Å²) in [4.78, 5) is 16.3. The number of aryl methyl sites for hydroxylation is 1. The molecule has 1 fully saturated rings. The fourth-order valence-corrected chi connectivity index (χ4v) is 2.12. The minimum absolute atomic E-state index is 0.0263. The highest BCUT2D eigenvalue weighted by molar-refractivity contribution is 5.78. The van der Waals surface area contributed by atoms with Gasteiger partial charge in [0.05, 0.1) is 24.8 Å². The predicted molar refractivity (Wildman–Crippen MR) is 70.7 cm³/mol. The fraction of sp³-hybridized carbons (Fsp3) is 0.714. The molecule has 0 aromatic carbocycles. The van der Waals surface area contributed by atoms with Crippen molar-refractivity contribution in [2.75, 3.05) is 13.2 Å². The van der Waals surface area contributed by atoms with Gasteiger partial charge >= 0.3 is 0 Å². The summed E-state index contributed by atoms with van der Waals surface area (Å²) in [5.74, 6) is 1.74. The smallest absolute Gasteiger partial charge is 0.225 e. The maximum Gasteiger partial charge on any atom is 0.225 e. The van der Waals surface area contributed by atoms with Crippen molar-refractivity contribution in [3.05, 3.63) is 17.3 Å². The molecule has 1 amide bonds. The Kier molecular flexibility index (Phi) is 4.58. The normalized spacial score (nSPS) is 19.7. The Bertz CT molecular complexity index is 434. The topological polar surface area (TPSA) is 64.4 Å². The largest absolute Gasteiger partial charge is 0.443 e. The van der Waals surface area contributed by atoms with E-state index in [-0.39, 0.29) is 17.7 Å². The summed E-state index contributed by atoms with van der Waals surface area (Å²) >= 11 is 0. The number of aromatic nitrogens is 1. The van der Waals surface area contributed by atoms with Crippen LogP contribution >= 0.6 is 0 Å². The van der Waals surface area contributed by atoms with Crippen molar-refractivity contribution in [2.45, 2.75) is 46.1 Å². The third-order valence-corrected chi connectivity index (χ3v) is 3.36. The first kappa shape index (κ1) is 14.1. The number of amides is 1. The Labute approximate surface area is 113 Å². The minimum Gasteiger partial charge on any atom is -0.443 e. The highest BCUT2D eigenvalue weighted by Gasteiger charge is 2.22. The molecule has 106 valence electrons. The van der Waals surface area contributed by atoms with E-state index in [1.807, 2.05) is 20.8 Å². The van der Waals surface area contributed by atoms with Crippen LogP contribution < -0.4 is 5.32 Å². The van der Waals surface area contributed by atoms with Crippen LogP contribution in [0.3, 0.4) is 0 Å². The van der Waals surface area contributed by atoms with Crippen LogP contribution in [0.2, 0.25) is 0 Å². The Balaban J connectivity index is 1.89. The van der Waals surface area contributed by atoms with Gasteiger partial charge < -0.3 is 14.5 Å². The molecule has 1 aromatic rings. The number of carbonyl (C=O) groups is 1. The van der Waals surface area contributed by atoms with Gasteiger partial charge in [0.15, 0.2) is 5.89 Å². The van der Waals surface area contributed by atoms with Crippen molar-refractivity contribution < 1.29 is 13.9 Å². The zero-order valence-corrected chi connectivity index (χ0v) is 11.9. The summed E-state index contributed by atoms with van der Waals surface area (Å²) in [5.41, 5.74) is 0.851. The van der Waals surface area contributed by atoms with Crippen molar-refractivity contribution in [1.29, 1.82) is 0 Å². The number of carbonyl (C=O) groups excluding carboxylic acids is 1. The van der Waals surface area contributed by atoms with Crippen molar-refractivity contribution >= 4 is 5.91 Å². The lowest BCUT2D eigenvalue weighted by Gasteiger charge is -2.20. The van der Waals surface area contributed by atoms with Crippen LogP contribution in [0.15, 0.2) is 4.42 Å². The van der Waals surface area contributed by atoms with Crippen LogP contribution in [0.25, 0.3) is 0 Å². The highest BCUT2D eigenvalue weighted by Crippen LogP contribution is 2.18. The molecule has 0 bridgehead atoms. The number of rotatable bonds is 4. The van der Waals surface area contributed by atoms with Gasteiger partial charge in [-0.25, -0.2) is 4.98 Å². The molecular formula is C14H22N2O3. The maximum absolute atomic E-state index is 12.0. The molecule has 5 heteroatoms. The van der Waals surface area contributed by atoms with E-state index in [0.717, 1.165) is 36.8 Å². The van der Waals surface area contributed by atoms with Gasteiger partial charge in [0.25, 0.3) is 0 Å². The summed E-state index contributed by atoms with van der Waals surface area (Å²) in [6.45, 7) is 7.67. The first-order chi connectivity index (χ1) is 9.08. The number of nitrogens with zero attached hydrogens (tertiary/aromatic N) is 1. The van der Waals surface area contributed by atoms with E-state index in [0.29, 0.717) is 13.2 Å². The molecule has 19 heavy (non-hydrogen) atoms. The molecule has 0 saturated carbocycles. The van der Waals surface area contributed by atoms with E-state index >= 15 is 0 Å². The molecule has 0 radical (unpaired) electrons. The first-order valence-electron chi connectivity index (χ1n) is 6.89. The van der Waals surface area contributed by atoms with Gasteiger partial charge in [-0.05, 0) is 19.8 Å². The van der Waals surface area contributed by atoms with Crippen LogP contribution in [0.5, 0.6) is 0 Å². The zero-order chi connectivity index (χ0) is 13.8. The summed E-state index contributed by atoms with van der Waals surface area (Å²) in [6, 6.07) is 0. The van der Waals surface area contributed by atoms with Gasteiger partial charge in [0.2, 0.25) is 5.91 Å². The van der Waals surface area contributed by atoms with Crippen LogP contribution in [-0.2, 0) is 16.1 Å². The van der Waals surface area contributed by atoms with E-state index in [1.54, 1.807) is 0 Å². The third-order valence-electron chi connectivity index (χ3n) is 3.36. The van der Waals surface area contributed by atoms with E-state index in [9.17, 15) is 4.79 Å². The molecule has 2 rings (SSSR count). The second-order valence-electron chi connectivity index (χ2n) is 5.35. The minimum atomic E-state index is -0.0263. The van der Waals surface area contributed by atoms with Crippen molar-refractivity contribution in [1.82, 2.24) is 10.3 Å². The molecule has 1 atom stereocenters. The fourth-order valence-electron chi connectivity index (χ4n) is 2.12. The van der Waals surface area contributed by atoms with Crippen molar-refractivity contribution in [3.8, 4) is 0 Å². The number of nitrogens with one attached hydrogen (secondary N) is 1. The average Bonchev–Trinajstić information content (AvgIpc) is 2.79. The Morgan fingerprint density at radius 2 is 2.32 bits per heavy atom. The summed E-state index contributed by atoms with van der Waals surface area (Å²) < 4.78 is 11.0. The van der Waals surface area contributed by atoms with Gasteiger partial charge in [-0.15, -0.1) is 0 Å². The van der Waals surface area contributed by atoms with Crippen LogP contribution in [0.4, 0.5) is 0 Å². The SMILES string of the molecule is Cc1nc(C(C)C)oc1CNC(=O)C1CCCOC1. The molecule has 0 aliphatic carbocycles. The van der Waals surface area contributed by atoms with Crippen LogP contribution in [0, 0.1) is 12.8 Å². The van der Waals surface area contributed by atoms with Gasteiger partial charge in [0.1, 0.15) is 5.76 Å². The second kappa shape index (κ2) is 6.19. The average molecular weight is 266 g/mol. The summed E-state index contributed by atoms with van der Waals surface area (Å²) in [7, 11) is 0. The second-order valence-corrected chi connectivity index (χ2v) is 5.35. The third kappa shape index (κ3) is 3.56. The lowest BCUT2D eigenvalue weighted by molar-refractivity contribution is -0.129. The van der Waals surface area contributed by atoms with E-state index in [2.05, 4.69) is 10.3 Å². The van der Waals surface area contributed by atoms with E-state index in [1.165, 1.54) is 0 Å². The Hall–Kier alpha value is -1.36. The Morgan fingerprint density at radius 3 is 2.89 bits per heavy atom. The molecule has 1 N–H and O–H groups in total. The highest BCUT2D eigenvalue weighted by atomic mass is 16.5. The first-order valence-corrected chi connectivity index (χ1v) is 6.89. The lowest BCUT2D eigenvalue weighted by Crippen LogP contribution is -2.35. The van der Waals surface area contributed by atoms with Crippen molar-refractivity contribution in [2.24, 2.45) is 5.92 Å². The lowest BCUT2D eigenvalue weighted by atomic mass is 10.0. The van der Waals surface area contributed by atoms with Crippen LogP contribution in [0.1, 0.15) is 50.0 Å². The summed E-state index contributed by atoms with van der Waals surface area (Å²) in [6.07, 6.45) is 1.86. The molecule has 5 nitrogen and oxygen atoms in total. The van der Waals surface area contributed by atoms with Crippen LogP contribution in [-0.4, -0.2) is 24.1 Å². The molecule has 2 heterocycles. The number of hydrogen-bond acceptors (Lipinski definition) is 4. The van der Waals surface area contributed by atoms with Gasteiger partial charge in [-0.2, -0.15) is 0 Å². The van der Waals surface area contributed by atoms with E-state index < -0.39 is 0 Å². The summed E-state index contributed by atoms with van der Waals surface area (Å²) in [5, 5.41) is 2.91. The molecule has 1 aliphatic rings. The monoisotopic (exact) mass is 266 g/mol.